The highest BCUT2D eigenvalue weighted by atomic mass is 35.5. The van der Waals surface area contributed by atoms with Gasteiger partial charge in [-0.2, -0.15) is 0 Å². The Balaban J connectivity index is 1.77. The van der Waals surface area contributed by atoms with Gasteiger partial charge in [0.05, 0.1) is 21.3 Å². The zero-order valence-corrected chi connectivity index (χ0v) is 21.2. The fraction of sp³-hybridized carbons (Fsp3) is 0.200. The first-order chi connectivity index (χ1) is 17.5. The molecule has 1 aromatic heterocycles. The van der Waals surface area contributed by atoms with E-state index >= 15 is 0 Å². The fourth-order valence-electron chi connectivity index (χ4n) is 4.89. The number of halogens is 2. The number of carbonyl (C=O) groups excluding carboxylic acids is 1. The summed E-state index contributed by atoms with van der Waals surface area (Å²) in [4.78, 5) is 28.0. The SMILES string of the molecule is O=C(NC1CCCCC1)c1cc(-c2ccccc2)c(-c2ccccc2)c(=O)n1-c1ccc(Cl)c(Cl)c1. The van der Waals surface area contributed by atoms with Crippen molar-refractivity contribution >= 4 is 29.1 Å². The lowest BCUT2D eigenvalue weighted by molar-refractivity contribution is 0.0920. The quantitative estimate of drug-likeness (QED) is 0.297. The van der Waals surface area contributed by atoms with Gasteiger partial charge in [-0.25, -0.2) is 0 Å². The second kappa shape index (κ2) is 10.7. The maximum Gasteiger partial charge on any atom is 0.268 e. The predicted octanol–water partition coefficient (Wildman–Crippen LogP) is 7.54. The topological polar surface area (TPSA) is 51.1 Å². The monoisotopic (exact) mass is 516 g/mol. The second-order valence-corrected chi connectivity index (χ2v) is 9.91. The summed E-state index contributed by atoms with van der Waals surface area (Å²) < 4.78 is 1.45. The molecule has 5 rings (SSSR count). The molecule has 0 radical (unpaired) electrons. The lowest BCUT2D eigenvalue weighted by Crippen LogP contribution is -2.39. The maximum absolute atomic E-state index is 14.3. The Bertz CT molecular complexity index is 1440. The molecule has 36 heavy (non-hydrogen) atoms. The van der Waals surface area contributed by atoms with Crippen LogP contribution < -0.4 is 10.9 Å². The molecule has 1 aliphatic carbocycles. The van der Waals surface area contributed by atoms with E-state index in [1.165, 1.54) is 11.0 Å². The van der Waals surface area contributed by atoms with Crippen molar-refractivity contribution in [2.24, 2.45) is 0 Å². The third-order valence-corrected chi connectivity index (χ3v) is 7.43. The van der Waals surface area contributed by atoms with Crippen LogP contribution >= 0.6 is 23.2 Å². The first-order valence-corrected chi connectivity index (χ1v) is 13.0. The van der Waals surface area contributed by atoms with E-state index in [9.17, 15) is 9.59 Å². The van der Waals surface area contributed by atoms with E-state index in [2.05, 4.69) is 5.32 Å². The first kappa shape index (κ1) is 24.4. The normalized spacial score (nSPS) is 13.9. The summed E-state index contributed by atoms with van der Waals surface area (Å²) in [6.45, 7) is 0. The molecule has 0 aliphatic heterocycles. The highest BCUT2D eigenvalue weighted by Crippen LogP contribution is 2.32. The van der Waals surface area contributed by atoms with Crippen LogP contribution in [0.5, 0.6) is 0 Å². The summed E-state index contributed by atoms with van der Waals surface area (Å²) in [6.07, 6.45) is 5.25. The molecule has 0 bridgehead atoms. The van der Waals surface area contributed by atoms with E-state index in [-0.39, 0.29) is 23.2 Å². The van der Waals surface area contributed by atoms with E-state index in [1.807, 2.05) is 66.7 Å². The number of hydrogen-bond acceptors (Lipinski definition) is 2. The van der Waals surface area contributed by atoms with Gasteiger partial charge in [-0.15, -0.1) is 0 Å². The van der Waals surface area contributed by atoms with Gasteiger partial charge in [-0.1, -0.05) is 103 Å². The van der Waals surface area contributed by atoms with Gasteiger partial charge in [0.25, 0.3) is 11.5 Å². The van der Waals surface area contributed by atoms with Crippen molar-refractivity contribution in [2.75, 3.05) is 0 Å². The lowest BCUT2D eigenvalue weighted by Gasteiger charge is -2.24. The molecule has 0 spiro atoms. The summed E-state index contributed by atoms with van der Waals surface area (Å²) in [6, 6.07) is 26.1. The average molecular weight is 517 g/mol. The largest absolute Gasteiger partial charge is 0.348 e. The number of nitrogens with zero attached hydrogens (tertiary/aromatic N) is 1. The van der Waals surface area contributed by atoms with Gasteiger partial charge >= 0.3 is 0 Å². The number of aromatic nitrogens is 1. The molecule has 0 unspecified atom stereocenters. The van der Waals surface area contributed by atoms with E-state index in [0.29, 0.717) is 26.9 Å². The number of nitrogens with one attached hydrogen (secondary N) is 1. The number of rotatable bonds is 5. The molecule has 1 amide bonds. The molecule has 1 aliphatic rings. The number of carbonyl (C=O) groups is 1. The van der Waals surface area contributed by atoms with Crippen LogP contribution in [0, 0.1) is 0 Å². The molecule has 4 aromatic rings. The summed E-state index contributed by atoms with van der Waals surface area (Å²) >= 11 is 12.5. The van der Waals surface area contributed by atoms with Gasteiger partial charge in [0.15, 0.2) is 0 Å². The third kappa shape index (κ3) is 4.97. The maximum atomic E-state index is 14.3. The van der Waals surface area contributed by atoms with Crippen molar-refractivity contribution in [3.63, 3.8) is 0 Å². The molecule has 1 saturated carbocycles. The molecule has 182 valence electrons. The van der Waals surface area contributed by atoms with Crippen LogP contribution in [0.25, 0.3) is 27.9 Å². The van der Waals surface area contributed by atoms with Gasteiger partial charge in [0, 0.05) is 6.04 Å². The molecule has 6 heteroatoms. The average Bonchev–Trinajstić information content (AvgIpc) is 2.91. The van der Waals surface area contributed by atoms with E-state index in [1.54, 1.807) is 18.2 Å². The zero-order chi connectivity index (χ0) is 25.1. The number of amides is 1. The van der Waals surface area contributed by atoms with Crippen molar-refractivity contribution in [1.82, 2.24) is 9.88 Å². The van der Waals surface area contributed by atoms with E-state index in [0.717, 1.165) is 36.8 Å². The summed E-state index contributed by atoms with van der Waals surface area (Å²) in [5.74, 6) is -0.276. The highest BCUT2D eigenvalue weighted by Gasteiger charge is 2.25. The van der Waals surface area contributed by atoms with Crippen LogP contribution in [0.15, 0.2) is 89.7 Å². The van der Waals surface area contributed by atoms with Crippen LogP contribution in [0.3, 0.4) is 0 Å². The first-order valence-electron chi connectivity index (χ1n) is 12.2. The van der Waals surface area contributed by atoms with Gasteiger partial charge in [0.1, 0.15) is 5.69 Å². The molecular weight excluding hydrogens is 491 g/mol. The second-order valence-electron chi connectivity index (χ2n) is 9.10. The van der Waals surface area contributed by atoms with Crippen molar-refractivity contribution in [3.8, 4) is 27.9 Å². The number of benzene rings is 3. The van der Waals surface area contributed by atoms with Crippen molar-refractivity contribution in [1.29, 1.82) is 0 Å². The van der Waals surface area contributed by atoms with Gasteiger partial charge in [-0.3, -0.25) is 14.2 Å². The molecule has 3 aromatic carbocycles. The highest BCUT2D eigenvalue weighted by molar-refractivity contribution is 6.42. The molecule has 0 saturated heterocycles. The minimum atomic E-state index is -0.297. The Morgan fingerprint density at radius 2 is 1.42 bits per heavy atom. The Kier molecular flexibility index (Phi) is 7.26. The molecule has 4 nitrogen and oxygen atoms in total. The van der Waals surface area contributed by atoms with Gasteiger partial charge in [0.2, 0.25) is 0 Å². The predicted molar refractivity (Wildman–Crippen MR) is 147 cm³/mol. The molecular formula is C30H26Cl2N2O2. The van der Waals surface area contributed by atoms with Crippen LogP contribution in [0.4, 0.5) is 0 Å². The van der Waals surface area contributed by atoms with Crippen LogP contribution in [0.1, 0.15) is 42.6 Å². The lowest BCUT2D eigenvalue weighted by atomic mass is 9.94. The minimum Gasteiger partial charge on any atom is -0.348 e. The van der Waals surface area contributed by atoms with Gasteiger partial charge in [-0.05, 0) is 53.8 Å². The van der Waals surface area contributed by atoms with Crippen LogP contribution in [0.2, 0.25) is 10.0 Å². The van der Waals surface area contributed by atoms with Gasteiger partial charge < -0.3 is 5.32 Å². The van der Waals surface area contributed by atoms with Crippen molar-refractivity contribution in [2.45, 2.75) is 38.1 Å². The standard InChI is InChI=1S/C30H26Cl2N2O2/c31-25-17-16-23(18-26(25)32)34-27(29(35)33-22-14-8-3-9-15-22)19-24(20-10-4-1-5-11-20)28(30(34)36)21-12-6-2-7-13-21/h1-2,4-7,10-13,16-19,22H,3,8-9,14-15H2,(H,33,35). The summed E-state index contributed by atoms with van der Waals surface area (Å²) in [7, 11) is 0. The molecule has 1 fully saturated rings. The third-order valence-electron chi connectivity index (χ3n) is 6.69. The van der Waals surface area contributed by atoms with Crippen LogP contribution in [-0.4, -0.2) is 16.5 Å². The van der Waals surface area contributed by atoms with Crippen LogP contribution in [-0.2, 0) is 0 Å². The van der Waals surface area contributed by atoms with Crippen molar-refractivity contribution in [3.05, 3.63) is 111 Å². The fourth-order valence-corrected chi connectivity index (χ4v) is 5.19. The Morgan fingerprint density at radius 1 is 0.778 bits per heavy atom. The summed E-state index contributed by atoms with van der Waals surface area (Å²) in [5.41, 5.74) is 3.31. The molecule has 0 atom stereocenters. The zero-order valence-electron chi connectivity index (χ0n) is 19.7. The smallest absolute Gasteiger partial charge is 0.268 e. The summed E-state index contributed by atoms with van der Waals surface area (Å²) in [5, 5.41) is 3.87. The Labute approximate surface area is 220 Å². The molecule has 1 N–H and O–H groups in total. The van der Waals surface area contributed by atoms with E-state index < -0.39 is 0 Å². The Hall–Kier alpha value is -3.34. The Morgan fingerprint density at radius 3 is 2.06 bits per heavy atom. The van der Waals surface area contributed by atoms with E-state index in [4.69, 9.17) is 23.2 Å². The molecule has 1 heterocycles. The number of pyridine rings is 1. The number of hydrogen-bond donors (Lipinski definition) is 1. The van der Waals surface area contributed by atoms with Crippen molar-refractivity contribution < 1.29 is 4.79 Å². The minimum absolute atomic E-state index is 0.0950.